The summed E-state index contributed by atoms with van der Waals surface area (Å²) in [5.41, 5.74) is 6.55. The first-order chi connectivity index (χ1) is 17.6. The number of carbonyl (C=O) groups excluding carboxylic acids is 1. The first kappa shape index (κ1) is 25.6. The number of methoxy groups -OCH3 is 1. The number of halogens is 3. The van der Waals surface area contributed by atoms with Gasteiger partial charge in [0.15, 0.2) is 11.5 Å². The Labute approximate surface area is 208 Å². The van der Waals surface area contributed by atoms with Crippen molar-refractivity contribution >= 4 is 23.0 Å². The number of nitrogens with two attached hydrogens (primary N) is 1. The molecule has 9 nitrogen and oxygen atoms in total. The molecule has 1 atom stereocenters. The Balaban J connectivity index is 1.71. The van der Waals surface area contributed by atoms with E-state index in [1.165, 1.54) is 25.5 Å². The summed E-state index contributed by atoms with van der Waals surface area (Å²) in [5.74, 6) is -0.320. The van der Waals surface area contributed by atoms with Crippen molar-refractivity contribution in [3.05, 3.63) is 76.8 Å². The molecule has 37 heavy (non-hydrogen) atoms. The Morgan fingerprint density at radius 2 is 2.03 bits per heavy atom. The molecule has 0 spiro atoms. The lowest BCUT2D eigenvalue weighted by Gasteiger charge is -2.11. The van der Waals surface area contributed by atoms with Gasteiger partial charge in [-0.1, -0.05) is 23.4 Å². The number of aromatic nitrogens is 2. The molecule has 12 heteroatoms. The van der Waals surface area contributed by atoms with E-state index in [0.29, 0.717) is 16.5 Å². The Morgan fingerprint density at radius 1 is 1.24 bits per heavy atom. The van der Waals surface area contributed by atoms with Gasteiger partial charge >= 0.3 is 6.18 Å². The number of hydrogen-bond donors (Lipinski definition) is 3. The number of ether oxygens (including phenoxy) is 1. The van der Waals surface area contributed by atoms with Gasteiger partial charge in [-0.15, -0.1) is 0 Å². The van der Waals surface area contributed by atoms with Crippen LogP contribution in [0.3, 0.4) is 0 Å². The SMILES string of the molecule is COc1ccc(-c2nc(C(=O)NCc3cccc(/C=N/O)c3)c([C@H](C)N)o2)c2ccc(C(F)(F)F)nc12. The summed E-state index contributed by atoms with van der Waals surface area (Å²) in [7, 11) is 1.32. The predicted molar refractivity (Wildman–Crippen MR) is 128 cm³/mol. The number of alkyl halides is 3. The minimum atomic E-state index is -4.64. The highest BCUT2D eigenvalue weighted by molar-refractivity contribution is 5.98. The zero-order valence-corrected chi connectivity index (χ0v) is 19.7. The van der Waals surface area contributed by atoms with Gasteiger partial charge in [-0.2, -0.15) is 13.2 Å². The molecule has 0 radical (unpaired) electrons. The molecule has 4 rings (SSSR count). The van der Waals surface area contributed by atoms with Gasteiger partial charge in [-0.25, -0.2) is 9.97 Å². The van der Waals surface area contributed by atoms with Gasteiger partial charge in [0.05, 0.1) is 19.4 Å². The van der Waals surface area contributed by atoms with Crippen LogP contribution >= 0.6 is 0 Å². The number of nitrogens with one attached hydrogen (secondary N) is 1. The molecular formula is C25H22F3N5O4. The third-order valence-electron chi connectivity index (χ3n) is 5.45. The molecule has 0 bridgehead atoms. The van der Waals surface area contributed by atoms with Crippen molar-refractivity contribution in [1.82, 2.24) is 15.3 Å². The van der Waals surface area contributed by atoms with Crippen LogP contribution in [-0.4, -0.2) is 34.4 Å². The molecule has 0 saturated heterocycles. The van der Waals surface area contributed by atoms with E-state index < -0.39 is 23.8 Å². The quantitative estimate of drug-likeness (QED) is 0.186. The first-order valence-electron chi connectivity index (χ1n) is 11.0. The molecule has 0 aliphatic carbocycles. The molecule has 0 saturated carbocycles. The van der Waals surface area contributed by atoms with Gasteiger partial charge in [0.25, 0.3) is 5.91 Å². The highest BCUT2D eigenvalue weighted by Gasteiger charge is 2.33. The number of oxazole rings is 1. The minimum Gasteiger partial charge on any atom is -0.494 e. The second-order valence-electron chi connectivity index (χ2n) is 8.10. The molecule has 4 aromatic rings. The van der Waals surface area contributed by atoms with E-state index in [-0.39, 0.29) is 35.2 Å². The number of fused-ring (bicyclic) bond motifs is 1. The summed E-state index contributed by atoms with van der Waals surface area (Å²) >= 11 is 0. The van der Waals surface area contributed by atoms with Gasteiger partial charge < -0.3 is 25.4 Å². The molecule has 2 aromatic carbocycles. The third-order valence-corrected chi connectivity index (χ3v) is 5.45. The lowest BCUT2D eigenvalue weighted by atomic mass is 10.1. The molecule has 0 aliphatic heterocycles. The normalized spacial score (nSPS) is 12.7. The number of amides is 1. The molecule has 0 fully saturated rings. The lowest BCUT2D eigenvalue weighted by Crippen LogP contribution is -2.25. The number of carbonyl (C=O) groups is 1. The summed E-state index contributed by atoms with van der Waals surface area (Å²) in [6.07, 6.45) is -3.38. The maximum Gasteiger partial charge on any atom is 0.433 e. The minimum absolute atomic E-state index is 0.00665. The van der Waals surface area contributed by atoms with E-state index in [0.717, 1.165) is 11.6 Å². The van der Waals surface area contributed by atoms with Crippen molar-refractivity contribution in [2.75, 3.05) is 7.11 Å². The molecule has 1 amide bonds. The van der Waals surface area contributed by atoms with Gasteiger partial charge in [0.1, 0.15) is 17.0 Å². The summed E-state index contributed by atoms with van der Waals surface area (Å²) < 4.78 is 50.8. The number of benzene rings is 2. The largest absolute Gasteiger partial charge is 0.494 e. The van der Waals surface area contributed by atoms with Crippen molar-refractivity contribution in [2.24, 2.45) is 10.9 Å². The van der Waals surface area contributed by atoms with Crippen LogP contribution in [0.4, 0.5) is 13.2 Å². The molecular weight excluding hydrogens is 491 g/mol. The highest BCUT2D eigenvalue weighted by atomic mass is 19.4. The highest BCUT2D eigenvalue weighted by Crippen LogP contribution is 2.37. The van der Waals surface area contributed by atoms with Crippen molar-refractivity contribution in [2.45, 2.75) is 25.7 Å². The van der Waals surface area contributed by atoms with Crippen LogP contribution in [0.5, 0.6) is 5.75 Å². The fourth-order valence-corrected chi connectivity index (χ4v) is 3.74. The maximum absolute atomic E-state index is 13.3. The van der Waals surface area contributed by atoms with Crippen molar-refractivity contribution < 1.29 is 32.3 Å². The fraction of sp³-hybridized carbons (Fsp3) is 0.200. The number of oxime groups is 1. The van der Waals surface area contributed by atoms with Crippen LogP contribution in [-0.2, 0) is 12.7 Å². The van der Waals surface area contributed by atoms with Crippen molar-refractivity contribution in [1.29, 1.82) is 0 Å². The average Bonchev–Trinajstić information content (AvgIpc) is 3.32. The van der Waals surface area contributed by atoms with Crippen molar-refractivity contribution in [3.8, 4) is 17.2 Å². The monoisotopic (exact) mass is 513 g/mol. The Hall–Kier alpha value is -4.45. The standard InChI is InChI=1S/C25H22F3N5O4/c1-13(29)22-21(23(34)30-11-14-4-3-5-15(10-14)12-31-35)33-24(37-22)17-6-8-18(36-2)20-16(17)7-9-19(32-20)25(26,27)28/h3-10,12-13,35H,11,29H2,1-2H3,(H,30,34)/b31-12+/t13-/m0/s1. The topological polar surface area (TPSA) is 136 Å². The summed E-state index contributed by atoms with van der Waals surface area (Å²) in [6, 6.07) is 11.4. The molecule has 2 heterocycles. The van der Waals surface area contributed by atoms with E-state index >= 15 is 0 Å². The van der Waals surface area contributed by atoms with Crippen LogP contribution in [0.25, 0.3) is 22.4 Å². The molecule has 2 aromatic heterocycles. The van der Waals surface area contributed by atoms with Gasteiger partial charge in [0.2, 0.25) is 5.89 Å². The second kappa shape index (κ2) is 10.3. The number of nitrogens with zero attached hydrogens (tertiary/aromatic N) is 3. The van der Waals surface area contributed by atoms with Crippen LogP contribution in [0, 0.1) is 0 Å². The molecule has 192 valence electrons. The first-order valence-corrected chi connectivity index (χ1v) is 11.0. The van der Waals surface area contributed by atoms with Gasteiger partial charge in [-0.05, 0) is 48.4 Å². The molecule has 0 aliphatic rings. The van der Waals surface area contributed by atoms with E-state index in [9.17, 15) is 18.0 Å². The number of rotatable bonds is 7. The van der Waals surface area contributed by atoms with Crippen LogP contribution in [0.1, 0.15) is 46.0 Å². The van der Waals surface area contributed by atoms with E-state index in [2.05, 4.69) is 20.4 Å². The zero-order chi connectivity index (χ0) is 26.7. The average molecular weight is 513 g/mol. The number of pyridine rings is 1. The Bertz CT molecular complexity index is 1480. The summed E-state index contributed by atoms with van der Waals surface area (Å²) in [6.45, 7) is 1.75. The summed E-state index contributed by atoms with van der Waals surface area (Å²) in [4.78, 5) is 21.1. The van der Waals surface area contributed by atoms with Crippen LogP contribution in [0.15, 0.2) is 58.1 Å². The van der Waals surface area contributed by atoms with E-state index in [1.807, 2.05) is 0 Å². The lowest BCUT2D eigenvalue weighted by molar-refractivity contribution is -0.140. The van der Waals surface area contributed by atoms with Gasteiger partial charge in [0, 0.05) is 17.5 Å². The van der Waals surface area contributed by atoms with Crippen LogP contribution < -0.4 is 15.8 Å². The second-order valence-corrected chi connectivity index (χ2v) is 8.10. The summed E-state index contributed by atoms with van der Waals surface area (Å²) in [5, 5.41) is 14.7. The smallest absolute Gasteiger partial charge is 0.433 e. The maximum atomic E-state index is 13.3. The number of hydrogen-bond acceptors (Lipinski definition) is 8. The zero-order valence-electron chi connectivity index (χ0n) is 19.7. The molecule has 4 N–H and O–H groups in total. The van der Waals surface area contributed by atoms with Crippen LogP contribution in [0.2, 0.25) is 0 Å². The van der Waals surface area contributed by atoms with Gasteiger partial charge in [-0.3, -0.25) is 4.79 Å². The molecule has 0 unspecified atom stereocenters. The third kappa shape index (κ3) is 5.38. The van der Waals surface area contributed by atoms with E-state index in [4.69, 9.17) is 20.1 Å². The predicted octanol–water partition coefficient (Wildman–Crippen LogP) is 4.68. The Morgan fingerprint density at radius 3 is 2.70 bits per heavy atom. The van der Waals surface area contributed by atoms with E-state index in [1.54, 1.807) is 37.3 Å². The van der Waals surface area contributed by atoms with Crippen molar-refractivity contribution in [3.63, 3.8) is 0 Å². The Kier molecular flexibility index (Phi) is 7.11. The fourth-order valence-electron chi connectivity index (χ4n) is 3.74.